The maximum Gasteiger partial charge on any atom is 0.379 e. The van der Waals surface area contributed by atoms with Crippen LogP contribution in [0.2, 0.25) is 5.02 Å². The number of nitrogens with two attached hydrogens (primary N) is 1. The number of ether oxygens (including phenoxy) is 2. The molecule has 0 heterocycles. The number of hydrogen-bond acceptors (Lipinski definition) is 4. The van der Waals surface area contributed by atoms with Crippen LogP contribution in [0.4, 0.5) is 8.78 Å². The van der Waals surface area contributed by atoms with E-state index in [1.165, 1.54) is 32.2 Å². The molecule has 0 amide bonds. The van der Waals surface area contributed by atoms with Crippen molar-refractivity contribution in [1.82, 2.24) is 0 Å². The van der Waals surface area contributed by atoms with Crippen LogP contribution in [0.25, 0.3) is 0 Å². The van der Waals surface area contributed by atoms with Gasteiger partial charge in [0.25, 0.3) is 0 Å². The molecule has 1 aromatic carbocycles. The lowest BCUT2D eigenvalue weighted by atomic mass is 10.0. The fraction of sp³-hybridized carbons (Fsp3) is 0.417. The number of esters is 1. The third-order valence-electron chi connectivity index (χ3n) is 2.46. The van der Waals surface area contributed by atoms with E-state index in [1.807, 2.05) is 0 Å². The summed E-state index contributed by atoms with van der Waals surface area (Å²) in [6, 6.07) is 2.20. The highest BCUT2D eigenvalue weighted by atomic mass is 35.5. The van der Waals surface area contributed by atoms with E-state index in [-0.39, 0.29) is 35.3 Å². The van der Waals surface area contributed by atoms with E-state index in [0.29, 0.717) is 0 Å². The number of alkyl halides is 2. The van der Waals surface area contributed by atoms with Crippen LogP contribution in [0.1, 0.15) is 18.5 Å². The molecule has 0 unspecified atom stereocenters. The van der Waals surface area contributed by atoms with Gasteiger partial charge in [0.05, 0.1) is 13.7 Å². The molecule has 4 nitrogen and oxygen atoms in total. The zero-order chi connectivity index (χ0) is 14.6. The van der Waals surface area contributed by atoms with Crippen molar-refractivity contribution >= 4 is 30.0 Å². The molecule has 1 atom stereocenters. The largest absolute Gasteiger partial charge is 0.496 e. The second-order valence-corrected chi connectivity index (χ2v) is 4.14. The van der Waals surface area contributed by atoms with Crippen molar-refractivity contribution in [3.05, 3.63) is 28.8 Å². The molecule has 0 aromatic heterocycles. The summed E-state index contributed by atoms with van der Waals surface area (Å²) in [4.78, 5) is 11.2. The van der Waals surface area contributed by atoms with Crippen molar-refractivity contribution in [3.8, 4) is 5.75 Å². The summed E-state index contributed by atoms with van der Waals surface area (Å²) in [5.41, 5.74) is 5.40. The Balaban J connectivity index is 0.00000361. The first kappa shape index (κ1) is 18.9. The second-order valence-electron chi connectivity index (χ2n) is 3.71. The molecule has 2 N–H and O–H groups in total. The summed E-state index contributed by atoms with van der Waals surface area (Å²) in [6.07, 6.45) is 0. The lowest BCUT2D eigenvalue weighted by Crippen LogP contribution is -2.41. The Bertz CT molecular complexity index is 472. The van der Waals surface area contributed by atoms with Crippen molar-refractivity contribution in [3.63, 3.8) is 0 Å². The molecule has 0 bridgehead atoms. The standard InChI is InChI=1S/C12H14ClF2NO3.ClH/c1-3-19-11(17)12(14,15)10(16)8-6-7(13)4-5-9(8)18-2;/h4-6,10H,3,16H2,1-2H3;1H/t10-;/m1./s1. The summed E-state index contributed by atoms with van der Waals surface area (Å²) in [5.74, 6) is -5.42. The predicted molar refractivity (Wildman–Crippen MR) is 73.8 cm³/mol. The van der Waals surface area contributed by atoms with Crippen LogP contribution in [0, 0.1) is 0 Å². The summed E-state index contributed by atoms with van der Waals surface area (Å²) < 4.78 is 36.9. The summed E-state index contributed by atoms with van der Waals surface area (Å²) in [5, 5.41) is 0.214. The van der Waals surface area contributed by atoms with E-state index >= 15 is 0 Å². The molecule has 1 rings (SSSR count). The lowest BCUT2D eigenvalue weighted by Gasteiger charge is -2.23. The SMILES string of the molecule is CCOC(=O)C(F)(F)[C@H](N)c1cc(Cl)ccc1OC.Cl. The van der Waals surface area contributed by atoms with Gasteiger partial charge in [-0.3, -0.25) is 0 Å². The monoisotopic (exact) mass is 329 g/mol. The number of methoxy groups -OCH3 is 1. The highest BCUT2D eigenvalue weighted by molar-refractivity contribution is 6.30. The molecule has 0 aliphatic carbocycles. The molecular weight excluding hydrogens is 315 g/mol. The number of halogens is 4. The van der Waals surface area contributed by atoms with Gasteiger partial charge in [-0.1, -0.05) is 11.6 Å². The quantitative estimate of drug-likeness (QED) is 0.843. The van der Waals surface area contributed by atoms with Gasteiger partial charge in [0, 0.05) is 10.6 Å². The van der Waals surface area contributed by atoms with Crippen LogP contribution in [0.15, 0.2) is 18.2 Å². The van der Waals surface area contributed by atoms with Gasteiger partial charge in [-0.05, 0) is 25.1 Å². The van der Waals surface area contributed by atoms with Crippen molar-refractivity contribution < 1.29 is 23.0 Å². The zero-order valence-corrected chi connectivity index (χ0v) is 12.4. The Hall–Kier alpha value is -1.11. The molecule has 0 spiro atoms. The van der Waals surface area contributed by atoms with Crippen LogP contribution in [0.5, 0.6) is 5.75 Å². The number of hydrogen-bond donors (Lipinski definition) is 1. The topological polar surface area (TPSA) is 61.5 Å². The smallest absolute Gasteiger partial charge is 0.379 e. The van der Waals surface area contributed by atoms with Crippen molar-refractivity contribution in [2.24, 2.45) is 5.73 Å². The van der Waals surface area contributed by atoms with Gasteiger partial charge in [-0.15, -0.1) is 12.4 Å². The van der Waals surface area contributed by atoms with Gasteiger partial charge in [-0.2, -0.15) is 8.78 Å². The summed E-state index contributed by atoms with van der Waals surface area (Å²) in [7, 11) is 1.31. The van der Waals surface area contributed by atoms with Crippen LogP contribution in [-0.4, -0.2) is 25.6 Å². The Labute approximate surface area is 126 Å². The first-order valence-electron chi connectivity index (χ1n) is 5.48. The van der Waals surface area contributed by atoms with E-state index in [9.17, 15) is 13.6 Å². The molecule has 0 saturated carbocycles. The highest BCUT2D eigenvalue weighted by Crippen LogP contribution is 2.36. The molecule has 0 fully saturated rings. The van der Waals surface area contributed by atoms with Gasteiger partial charge in [0.15, 0.2) is 0 Å². The van der Waals surface area contributed by atoms with Gasteiger partial charge in [0.1, 0.15) is 11.8 Å². The van der Waals surface area contributed by atoms with E-state index in [2.05, 4.69) is 4.74 Å². The van der Waals surface area contributed by atoms with E-state index in [0.717, 1.165) is 0 Å². The fourth-order valence-electron chi connectivity index (χ4n) is 1.50. The fourth-order valence-corrected chi connectivity index (χ4v) is 1.68. The summed E-state index contributed by atoms with van der Waals surface area (Å²) >= 11 is 5.74. The van der Waals surface area contributed by atoms with Crippen molar-refractivity contribution in [2.45, 2.75) is 18.9 Å². The van der Waals surface area contributed by atoms with E-state index < -0.39 is 17.9 Å². The Morgan fingerprint density at radius 1 is 1.50 bits per heavy atom. The van der Waals surface area contributed by atoms with Gasteiger partial charge in [-0.25, -0.2) is 4.79 Å². The zero-order valence-electron chi connectivity index (χ0n) is 10.9. The van der Waals surface area contributed by atoms with Crippen molar-refractivity contribution in [1.29, 1.82) is 0 Å². The number of benzene rings is 1. The third kappa shape index (κ3) is 3.94. The van der Waals surface area contributed by atoms with E-state index in [1.54, 1.807) is 0 Å². The first-order chi connectivity index (χ1) is 8.84. The average molecular weight is 330 g/mol. The molecule has 0 aliphatic heterocycles. The number of carbonyl (C=O) groups is 1. The normalized spacial score (nSPS) is 12.3. The lowest BCUT2D eigenvalue weighted by molar-refractivity contribution is -0.174. The molecule has 8 heteroatoms. The number of rotatable bonds is 5. The van der Waals surface area contributed by atoms with Gasteiger partial charge < -0.3 is 15.2 Å². The minimum absolute atomic E-state index is 0. The molecule has 20 heavy (non-hydrogen) atoms. The second kappa shape index (κ2) is 7.61. The molecule has 0 saturated heterocycles. The maximum atomic E-state index is 13.8. The summed E-state index contributed by atoms with van der Waals surface area (Å²) in [6.45, 7) is 1.27. The maximum absolute atomic E-state index is 13.8. The van der Waals surface area contributed by atoms with E-state index in [4.69, 9.17) is 22.1 Å². The number of carbonyl (C=O) groups excluding carboxylic acids is 1. The van der Waals surface area contributed by atoms with Crippen molar-refractivity contribution in [2.75, 3.05) is 13.7 Å². The highest BCUT2D eigenvalue weighted by Gasteiger charge is 2.48. The van der Waals surface area contributed by atoms with Gasteiger partial charge >= 0.3 is 11.9 Å². The minimum atomic E-state index is -3.87. The average Bonchev–Trinajstić information content (AvgIpc) is 2.38. The molecule has 0 aliphatic rings. The van der Waals surface area contributed by atoms with Crippen LogP contribution < -0.4 is 10.5 Å². The minimum Gasteiger partial charge on any atom is -0.496 e. The van der Waals surface area contributed by atoms with Crippen LogP contribution >= 0.6 is 24.0 Å². The Morgan fingerprint density at radius 2 is 2.10 bits per heavy atom. The molecule has 0 radical (unpaired) electrons. The first-order valence-corrected chi connectivity index (χ1v) is 5.86. The third-order valence-corrected chi connectivity index (χ3v) is 2.70. The van der Waals surface area contributed by atoms with Crippen LogP contribution in [-0.2, 0) is 9.53 Å². The Morgan fingerprint density at radius 3 is 2.60 bits per heavy atom. The molecular formula is C12H15Cl2F2NO3. The molecule has 114 valence electrons. The van der Waals surface area contributed by atoms with Gasteiger partial charge in [0.2, 0.25) is 0 Å². The Kier molecular flexibility index (Phi) is 7.19. The predicted octanol–water partition coefficient (Wildman–Crippen LogP) is 2.97. The molecule has 1 aromatic rings. The van der Waals surface area contributed by atoms with Crippen LogP contribution in [0.3, 0.4) is 0 Å².